The highest BCUT2D eigenvalue weighted by Gasteiger charge is 2.14. The fraction of sp³-hybridized carbons (Fsp3) is 0.500. The molecule has 1 amide bonds. The zero-order valence-electron chi connectivity index (χ0n) is 12.4. The highest BCUT2D eigenvalue weighted by Crippen LogP contribution is 2.15. The van der Waals surface area contributed by atoms with Gasteiger partial charge in [-0.25, -0.2) is 13.6 Å². The van der Waals surface area contributed by atoms with Crippen molar-refractivity contribution in [2.45, 2.75) is 37.7 Å². The van der Waals surface area contributed by atoms with Crippen LogP contribution in [0.4, 0.5) is 0 Å². The molecule has 0 aliphatic rings. The first-order valence-electron chi connectivity index (χ1n) is 6.82. The van der Waals surface area contributed by atoms with Crippen LogP contribution in [0.15, 0.2) is 23.1 Å². The lowest BCUT2D eigenvalue weighted by molar-refractivity contribution is 0.0952. The van der Waals surface area contributed by atoms with E-state index < -0.39 is 10.0 Å². The number of carbonyl (C=O) groups excluding carboxylic acids is 1. The Morgan fingerprint density at radius 1 is 1.29 bits per heavy atom. The minimum Gasteiger partial charge on any atom is -0.380 e. The number of rotatable bonds is 8. The summed E-state index contributed by atoms with van der Waals surface area (Å²) < 4.78 is 27.9. The quantitative estimate of drug-likeness (QED) is 0.709. The number of hydrogen-bond acceptors (Lipinski definition) is 4. The van der Waals surface area contributed by atoms with E-state index >= 15 is 0 Å². The summed E-state index contributed by atoms with van der Waals surface area (Å²) in [5.41, 5.74) is 0.854. The van der Waals surface area contributed by atoms with Gasteiger partial charge in [0.1, 0.15) is 0 Å². The van der Waals surface area contributed by atoms with E-state index in [1.54, 1.807) is 6.07 Å². The summed E-state index contributed by atoms with van der Waals surface area (Å²) in [6.45, 7) is 2.85. The van der Waals surface area contributed by atoms with Crippen molar-refractivity contribution >= 4 is 15.9 Å². The summed E-state index contributed by atoms with van der Waals surface area (Å²) in [4.78, 5) is 12.0. The molecular weight excluding hydrogens is 292 g/mol. The van der Waals surface area contributed by atoms with E-state index in [9.17, 15) is 13.2 Å². The van der Waals surface area contributed by atoms with E-state index in [4.69, 9.17) is 9.88 Å². The van der Waals surface area contributed by atoms with Crippen LogP contribution < -0.4 is 10.5 Å². The van der Waals surface area contributed by atoms with Crippen LogP contribution in [0.1, 0.15) is 42.1 Å². The summed E-state index contributed by atoms with van der Waals surface area (Å²) in [5, 5.41) is 7.90. The Labute approximate surface area is 125 Å². The van der Waals surface area contributed by atoms with Crippen molar-refractivity contribution in [1.82, 2.24) is 5.32 Å². The standard InChI is InChI=1S/C14H22N2O4S/c1-3-4-5-6-16-14(17)12-7-11(10-20-2)8-13(9-12)21(15,18)19/h7-9H,3-6,10H2,1-2H3,(H,16,17)(H2,15,18,19). The van der Waals surface area contributed by atoms with Crippen molar-refractivity contribution in [1.29, 1.82) is 0 Å². The lowest BCUT2D eigenvalue weighted by Crippen LogP contribution is -2.25. The third-order valence-corrected chi connectivity index (χ3v) is 3.83. The monoisotopic (exact) mass is 314 g/mol. The summed E-state index contributed by atoms with van der Waals surface area (Å²) in [7, 11) is -2.37. The molecule has 3 N–H and O–H groups in total. The summed E-state index contributed by atoms with van der Waals surface area (Å²) in [6.07, 6.45) is 2.99. The first-order chi connectivity index (χ1) is 9.88. The van der Waals surface area contributed by atoms with Crippen molar-refractivity contribution < 1.29 is 17.9 Å². The number of hydrogen-bond donors (Lipinski definition) is 2. The fourth-order valence-electron chi connectivity index (χ4n) is 1.89. The van der Waals surface area contributed by atoms with E-state index in [0.717, 1.165) is 19.3 Å². The van der Waals surface area contributed by atoms with Crippen LogP contribution in [0.5, 0.6) is 0 Å². The Morgan fingerprint density at radius 3 is 2.57 bits per heavy atom. The summed E-state index contributed by atoms with van der Waals surface area (Å²) in [6, 6.07) is 4.30. The predicted octanol–water partition coefficient (Wildman–Crippen LogP) is 1.40. The van der Waals surface area contributed by atoms with Gasteiger partial charge >= 0.3 is 0 Å². The van der Waals surface area contributed by atoms with Gasteiger partial charge in [0.05, 0.1) is 11.5 Å². The van der Waals surface area contributed by atoms with Gasteiger partial charge < -0.3 is 10.1 Å². The molecule has 7 heteroatoms. The predicted molar refractivity (Wildman–Crippen MR) is 80.4 cm³/mol. The molecule has 1 aromatic rings. The minimum atomic E-state index is -3.86. The SMILES string of the molecule is CCCCCNC(=O)c1cc(COC)cc(S(N)(=O)=O)c1. The van der Waals surface area contributed by atoms with Crippen LogP contribution in [0.2, 0.25) is 0 Å². The van der Waals surface area contributed by atoms with Gasteiger partial charge in [0.25, 0.3) is 5.91 Å². The Bertz CT molecular complexity index is 585. The molecule has 6 nitrogen and oxygen atoms in total. The van der Waals surface area contributed by atoms with Gasteiger partial charge in [0.2, 0.25) is 10.0 Å². The van der Waals surface area contributed by atoms with Crippen molar-refractivity contribution in [3.05, 3.63) is 29.3 Å². The molecular formula is C14H22N2O4S. The van der Waals surface area contributed by atoms with E-state index in [1.807, 2.05) is 0 Å². The van der Waals surface area contributed by atoms with Crippen LogP contribution >= 0.6 is 0 Å². The molecule has 0 aromatic heterocycles. The number of nitrogens with one attached hydrogen (secondary N) is 1. The molecule has 0 spiro atoms. The van der Waals surface area contributed by atoms with E-state index in [1.165, 1.54) is 19.2 Å². The molecule has 21 heavy (non-hydrogen) atoms. The molecule has 0 unspecified atom stereocenters. The van der Waals surface area contributed by atoms with Crippen LogP contribution in [-0.2, 0) is 21.4 Å². The number of primary sulfonamides is 1. The molecule has 1 rings (SSSR count). The average Bonchev–Trinajstić information content (AvgIpc) is 2.42. The Balaban J connectivity index is 2.94. The van der Waals surface area contributed by atoms with E-state index in [-0.39, 0.29) is 23.0 Å². The smallest absolute Gasteiger partial charge is 0.251 e. The molecule has 118 valence electrons. The zero-order chi connectivity index (χ0) is 15.9. The number of ether oxygens (including phenoxy) is 1. The van der Waals surface area contributed by atoms with Crippen LogP contribution in [0.3, 0.4) is 0 Å². The van der Waals surface area contributed by atoms with Gasteiger partial charge in [-0.15, -0.1) is 0 Å². The van der Waals surface area contributed by atoms with E-state index in [0.29, 0.717) is 12.1 Å². The molecule has 0 aliphatic carbocycles. The third kappa shape index (κ3) is 5.82. The van der Waals surface area contributed by atoms with Gasteiger partial charge in [0, 0.05) is 19.2 Å². The van der Waals surface area contributed by atoms with Crippen LogP contribution in [-0.4, -0.2) is 28.0 Å². The largest absolute Gasteiger partial charge is 0.380 e. The average molecular weight is 314 g/mol. The lowest BCUT2D eigenvalue weighted by Gasteiger charge is -2.09. The minimum absolute atomic E-state index is 0.0873. The fourth-order valence-corrected chi connectivity index (χ4v) is 2.49. The maximum absolute atomic E-state index is 12.1. The van der Waals surface area contributed by atoms with Gasteiger partial charge in [0.15, 0.2) is 0 Å². The zero-order valence-corrected chi connectivity index (χ0v) is 13.2. The number of amides is 1. The van der Waals surface area contributed by atoms with Crippen molar-refractivity contribution in [2.24, 2.45) is 5.14 Å². The van der Waals surface area contributed by atoms with Crippen LogP contribution in [0, 0.1) is 0 Å². The van der Waals surface area contributed by atoms with Crippen LogP contribution in [0.25, 0.3) is 0 Å². The van der Waals surface area contributed by atoms with Gasteiger partial charge in [-0.1, -0.05) is 19.8 Å². The lowest BCUT2D eigenvalue weighted by atomic mass is 10.1. The number of carbonyl (C=O) groups is 1. The van der Waals surface area contributed by atoms with Crippen molar-refractivity contribution in [2.75, 3.05) is 13.7 Å². The maximum Gasteiger partial charge on any atom is 0.251 e. The number of nitrogens with two attached hydrogens (primary N) is 1. The number of benzene rings is 1. The number of unbranched alkanes of at least 4 members (excludes halogenated alkanes) is 2. The molecule has 0 saturated heterocycles. The molecule has 1 aromatic carbocycles. The Kier molecular flexibility index (Phi) is 6.80. The maximum atomic E-state index is 12.1. The number of sulfonamides is 1. The van der Waals surface area contributed by atoms with Gasteiger partial charge in [-0.2, -0.15) is 0 Å². The summed E-state index contributed by atoms with van der Waals surface area (Å²) >= 11 is 0. The first kappa shape index (κ1) is 17.6. The van der Waals surface area contributed by atoms with Crippen molar-refractivity contribution in [3.8, 4) is 0 Å². The second kappa shape index (κ2) is 8.11. The van der Waals surface area contributed by atoms with Gasteiger partial charge in [-0.05, 0) is 30.2 Å². The second-order valence-electron chi connectivity index (χ2n) is 4.81. The second-order valence-corrected chi connectivity index (χ2v) is 6.37. The molecule has 0 fully saturated rings. The Hall–Kier alpha value is -1.44. The highest BCUT2D eigenvalue weighted by atomic mass is 32.2. The molecule has 0 radical (unpaired) electrons. The molecule has 0 atom stereocenters. The Morgan fingerprint density at radius 2 is 2.00 bits per heavy atom. The van der Waals surface area contributed by atoms with E-state index in [2.05, 4.69) is 12.2 Å². The molecule has 0 heterocycles. The third-order valence-electron chi connectivity index (χ3n) is 2.93. The normalized spacial score (nSPS) is 11.4. The van der Waals surface area contributed by atoms with Gasteiger partial charge in [-0.3, -0.25) is 4.79 Å². The molecule has 0 saturated carbocycles. The topological polar surface area (TPSA) is 98.5 Å². The molecule has 0 bridgehead atoms. The van der Waals surface area contributed by atoms with Crippen molar-refractivity contribution in [3.63, 3.8) is 0 Å². The molecule has 0 aliphatic heterocycles. The number of methoxy groups -OCH3 is 1. The highest BCUT2D eigenvalue weighted by molar-refractivity contribution is 7.89. The first-order valence-corrected chi connectivity index (χ1v) is 8.37. The summed E-state index contributed by atoms with van der Waals surface area (Å²) in [5.74, 6) is -0.311.